The maximum absolute atomic E-state index is 12.0. The number of nitrogens with one attached hydrogen (secondary N) is 1. The van der Waals surface area contributed by atoms with E-state index in [1.165, 1.54) is 0 Å². The van der Waals surface area contributed by atoms with E-state index in [1.807, 2.05) is 37.5 Å². The quantitative estimate of drug-likeness (QED) is 0.922. The number of carbonyl (C=O) groups excluding carboxylic acids is 1. The summed E-state index contributed by atoms with van der Waals surface area (Å²) in [5.41, 5.74) is 2.11. The fourth-order valence-electron chi connectivity index (χ4n) is 2.04. The summed E-state index contributed by atoms with van der Waals surface area (Å²) in [6, 6.07) is 7.56. The number of aromatic nitrogens is 2. The number of urea groups is 1. The molecule has 6 heteroatoms. The van der Waals surface area contributed by atoms with Gasteiger partial charge < -0.3 is 10.2 Å². The Balaban J connectivity index is 1.76. The van der Waals surface area contributed by atoms with Crippen molar-refractivity contribution in [2.75, 3.05) is 13.6 Å². The van der Waals surface area contributed by atoms with Gasteiger partial charge in [-0.25, -0.2) is 4.79 Å². The van der Waals surface area contributed by atoms with Crippen molar-refractivity contribution in [1.29, 1.82) is 0 Å². The molecule has 0 bridgehead atoms. The fourth-order valence-corrected chi connectivity index (χ4v) is 2.25. The molecule has 0 spiro atoms. The lowest BCUT2D eigenvalue weighted by molar-refractivity contribution is 0.207. The second-order valence-corrected chi connectivity index (χ2v) is 5.43. The summed E-state index contributed by atoms with van der Waals surface area (Å²) in [5, 5.41) is 7.69. The molecule has 0 radical (unpaired) electrons. The number of amides is 2. The van der Waals surface area contributed by atoms with Gasteiger partial charge in [0.1, 0.15) is 0 Å². The minimum Gasteiger partial charge on any atom is -0.338 e. The predicted octanol–water partition coefficient (Wildman–Crippen LogP) is 2.46. The van der Waals surface area contributed by atoms with Crippen molar-refractivity contribution in [3.8, 4) is 0 Å². The Labute approximate surface area is 129 Å². The van der Waals surface area contributed by atoms with Crippen LogP contribution in [0.3, 0.4) is 0 Å². The van der Waals surface area contributed by atoms with Crippen LogP contribution >= 0.6 is 11.6 Å². The Kier molecular flexibility index (Phi) is 5.22. The third kappa shape index (κ3) is 4.79. The van der Waals surface area contributed by atoms with Gasteiger partial charge >= 0.3 is 6.03 Å². The molecule has 1 aromatic heterocycles. The smallest absolute Gasteiger partial charge is 0.317 e. The number of carbonyl (C=O) groups is 1. The third-order valence-corrected chi connectivity index (χ3v) is 3.34. The van der Waals surface area contributed by atoms with Crippen molar-refractivity contribution in [1.82, 2.24) is 20.0 Å². The molecule has 1 aromatic carbocycles. The normalized spacial score (nSPS) is 10.4. The number of halogens is 1. The van der Waals surface area contributed by atoms with Crippen LogP contribution in [0.1, 0.15) is 11.1 Å². The lowest BCUT2D eigenvalue weighted by atomic mass is 10.1. The van der Waals surface area contributed by atoms with Gasteiger partial charge in [-0.05, 0) is 24.1 Å². The standard InChI is InChI=1S/C15H19ClN4O/c1-19(10-13-9-18-20(2)11-13)15(21)17-7-6-12-4-3-5-14(16)8-12/h3-5,8-9,11H,6-7,10H2,1-2H3,(H,17,21). The maximum atomic E-state index is 12.0. The fraction of sp³-hybridized carbons (Fsp3) is 0.333. The molecule has 2 amide bonds. The van der Waals surface area contributed by atoms with Crippen molar-refractivity contribution in [2.24, 2.45) is 7.05 Å². The molecule has 1 heterocycles. The monoisotopic (exact) mass is 306 g/mol. The number of hydrogen-bond acceptors (Lipinski definition) is 2. The summed E-state index contributed by atoms with van der Waals surface area (Å²) < 4.78 is 1.72. The van der Waals surface area contributed by atoms with E-state index < -0.39 is 0 Å². The second-order valence-electron chi connectivity index (χ2n) is 4.99. The van der Waals surface area contributed by atoms with Crippen molar-refractivity contribution in [3.05, 3.63) is 52.8 Å². The summed E-state index contributed by atoms with van der Waals surface area (Å²) in [7, 11) is 3.62. The van der Waals surface area contributed by atoms with Crippen molar-refractivity contribution in [2.45, 2.75) is 13.0 Å². The zero-order valence-electron chi connectivity index (χ0n) is 12.2. The van der Waals surface area contributed by atoms with Gasteiger partial charge in [-0.3, -0.25) is 4.68 Å². The highest BCUT2D eigenvalue weighted by Crippen LogP contribution is 2.10. The van der Waals surface area contributed by atoms with E-state index in [4.69, 9.17) is 11.6 Å². The summed E-state index contributed by atoms with van der Waals surface area (Å²) in [5.74, 6) is 0. The van der Waals surface area contributed by atoms with Crippen molar-refractivity contribution in [3.63, 3.8) is 0 Å². The Hall–Kier alpha value is -2.01. The first-order chi connectivity index (χ1) is 10.0. The highest BCUT2D eigenvalue weighted by Gasteiger charge is 2.09. The van der Waals surface area contributed by atoms with Gasteiger partial charge in [0.2, 0.25) is 0 Å². The van der Waals surface area contributed by atoms with E-state index >= 15 is 0 Å². The van der Waals surface area contributed by atoms with Gasteiger partial charge in [0.25, 0.3) is 0 Å². The van der Waals surface area contributed by atoms with Crippen LogP contribution < -0.4 is 5.32 Å². The van der Waals surface area contributed by atoms with E-state index in [-0.39, 0.29) is 6.03 Å². The SMILES string of the molecule is CN(Cc1cnn(C)c1)C(=O)NCCc1cccc(Cl)c1. The lowest BCUT2D eigenvalue weighted by Crippen LogP contribution is -2.37. The summed E-state index contributed by atoms with van der Waals surface area (Å²) in [6.45, 7) is 1.12. The van der Waals surface area contributed by atoms with E-state index in [0.717, 1.165) is 17.5 Å². The molecule has 21 heavy (non-hydrogen) atoms. The van der Waals surface area contributed by atoms with Crippen LogP contribution in [0.2, 0.25) is 5.02 Å². The number of benzene rings is 1. The molecule has 0 fully saturated rings. The predicted molar refractivity (Wildman–Crippen MR) is 83.2 cm³/mol. The average Bonchev–Trinajstić information content (AvgIpc) is 2.84. The Bertz CT molecular complexity index is 611. The third-order valence-electron chi connectivity index (χ3n) is 3.10. The van der Waals surface area contributed by atoms with Crippen LogP contribution in [0.5, 0.6) is 0 Å². The lowest BCUT2D eigenvalue weighted by Gasteiger charge is -2.17. The zero-order valence-corrected chi connectivity index (χ0v) is 13.0. The molecular formula is C15H19ClN4O. The molecule has 0 aliphatic carbocycles. The minimum atomic E-state index is -0.0964. The first kappa shape index (κ1) is 15.4. The molecule has 0 saturated heterocycles. The van der Waals surface area contributed by atoms with E-state index in [2.05, 4.69) is 10.4 Å². The first-order valence-electron chi connectivity index (χ1n) is 6.75. The van der Waals surface area contributed by atoms with Gasteiger partial charge in [0.05, 0.1) is 12.7 Å². The summed E-state index contributed by atoms with van der Waals surface area (Å²) in [4.78, 5) is 13.6. The Morgan fingerprint density at radius 3 is 2.90 bits per heavy atom. The second kappa shape index (κ2) is 7.13. The molecule has 2 aromatic rings. The van der Waals surface area contributed by atoms with Gasteiger partial charge in [-0.2, -0.15) is 5.10 Å². The molecule has 0 aliphatic heterocycles. The molecule has 0 aliphatic rings. The van der Waals surface area contributed by atoms with Crippen LogP contribution in [0.15, 0.2) is 36.7 Å². The first-order valence-corrected chi connectivity index (χ1v) is 7.13. The van der Waals surface area contributed by atoms with Gasteiger partial charge in [0, 0.05) is 37.4 Å². The molecule has 0 unspecified atom stereocenters. The van der Waals surface area contributed by atoms with Gasteiger partial charge in [-0.1, -0.05) is 23.7 Å². The average molecular weight is 307 g/mol. The number of rotatable bonds is 5. The Morgan fingerprint density at radius 1 is 1.43 bits per heavy atom. The van der Waals surface area contributed by atoms with Crippen LogP contribution in [0.4, 0.5) is 4.79 Å². The van der Waals surface area contributed by atoms with Crippen molar-refractivity contribution >= 4 is 17.6 Å². The van der Waals surface area contributed by atoms with Crippen LogP contribution in [0, 0.1) is 0 Å². The Morgan fingerprint density at radius 2 is 2.24 bits per heavy atom. The van der Waals surface area contributed by atoms with Crippen LogP contribution in [-0.4, -0.2) is 34.3 Å². The number of nitrogens with zero attached hydrogens (tertiary/aromatic N) is 3. The zero-order chi connectivity index (χ0) is 15.2. The van der Waals surface area contributed by atoms with Gasteiger partial charge in [0.15, 0.2) is 0 Å². The van der Waals surface area contributed by atoms with Gasteiger partial charge in [-0.15, -0.1) is 0 Å². The van der Waals surface area contributed by atoms with Crippen LogP contribution in [-0.2, 0) is 20.0 Å². The molecule has 5 nitrogen and oxygen atoms in total. The van der Waals surface area contributed by atoms with Crippen LogP contribution in [0.25, 0.3) is 0 Å². The molecule has 112 valence electrons. The van der Waals surface area contributed by atoms with Crippen molar-refractivity contribution < 1.29 is 4.79 Å². The van der Waals surface area contributed by atoms with E-state index in [1.54, 1.807) is 22.8 Å². The molecule has 2 rings (SSSR count). The highest BCUT2D eigenvalue weighted by atomic mass is 35.5. The summed E-state index contributed by atoms with van der Waals surface area (Å²) >= 11 is 5.93. The number of aryl methyl sites for hydroxylation is 1. The molecular weight excluding hydrogens is 288 g/mol. The minimum absolute atomic E-state index is 0.0964. The number of hydrogen-bond donors (Lipinski definition) is 1. The summed E-state index contributed by atoms with van der Waals surface area (Å²) in [6.07, 6.45) is 4.42. The molecule has 1 N–H and O–H groups in total. The molecule has 0 saturated carbocycles. The molecule has 0 atom stereocenters. The largest absolute Gasteiger partial charge is 0.338 e. The van der Waals surface area contributed by atoms with E-state index in [0.29, 0.717) is 18.1 Å². The highest BCUT2D eigenvalue weighted by molar-refractivity contribution is 6.30. The topological polar surface area (TPSA) is 50.2 Å². The van der Waals surface area contributed by atoms with E-state index in [9.17, 15) is 4.79 Å². The maximum Gasteiger partial charge on any atom is 0.317 e.